The minimum atomic E-state index is -1.34. The van der Waals surface area contributed by atoms with Gasteiger partial charge in [-0.3, -0.25) is 9.69 Å². The molecule has 0 bridgehead atoms. The van der Waals surface area contributed by atoms with Gasteiger partial charge in [-0.05, 0) is 56.5 Å². The van der Waals surface area contributed by atoms with Crippen LogP contribution < -0.4 is 20.1 Å². The molecule has 3 fully saturated rings. The number of anilines is 3. The quantitative estimate of drug-likeness (QED) is 0.419. The number of cyclic esters (lactones) is 1. The Morgan fingerprint density at radius 1 is 0.976 bits per heavy atom. The molecule has 1 aromatic heterocycles. The Morgan fingerprint density at radius 2 is 1.64 bits per heavy atom. The molecule has 3 aliphatic rings. The van der Waals surface area contributed by atoms with E-state index in [-0.39, 0.29) is 29.3 Å². The third-order valence-electron chi connectivity index (χ3n) is 8.17. The number of aromatic nitrogens is 1. The summed E-state index contributed by atoms with van der Waals surface area (Å²) in [6.07, 6.45) is 2.78. The summed E-state index contributed by atoms with van der Waals surface area (Å²) in [6, 6.07) is 7.37. The van der Waals surface area contributed by atoms with Crippen LogP contribution in [-0.4, -0.2) is 66.3 Å². The van der Waals surface area contributed by atoms with Gasteiger partial charge in [0.2, 0.25) is 5.43 Å². The highest BCUT2D eigenvalue weighted by Crippen LogP contribution is 2.38. The van der Waals surface area contributed by atoms with E-state index in [0.717, 1.165) is 18.9 Å². The molecule has 2 aliphatic heterocycles. The summed E-state index contributed by atoms with van der Waals surface area (Å²) in [5.41, 5.74) is 0.451. The lowest BCUT2D eigenvalue weighted by molar-refractivity contribution is -0.117. The fourth-order valence-electron chi connectivity index (χ4n) is 5.76. The number of carbonyl (C=O) groups excluding carboxylic acids is 2. The van der Waals surface area contributed by atoms with Crippen molar-refractivity contribution in [1.29, 1.82) is 0 Å². The van der Waals surface area contributed by atoms with Gasteiger partial charge in [-0.25, -0.2) is 18.4 Å². The van der Waals surface area contributed by atoms with Crippen LogP contribution in [0.1, 0.15) is 49.0 Å². The van der Waals surface area contributed by atoms with Crippen molar-refractivity contribution in [1.82, 2.24) is 4.57 Å². The summed E-state index contributed by atoms with van der Waals surface area (Å²) in [5, 5.41) is 9.50. The summed E-state index contributed by atoms with van der Waals surface area (Å²) in [6.45, 7) is 3.31. The zero-order valence-corrected chi connectivity index (χ0v) is 23.0. The molecule has 0 radical (unpaired) electrons. The van der Waals surface area contributed by atoms with E-state index < -0.39 is 35.2 Å². The molecule has 3 aromatic rings. The molecular formula is C30H30F2N4O6. The normalized spacial score (nSPS) is 19.0. The third kappa shape index (κ3) is 5.17. The number of ether oxygens (including phenoxy) is 1. The van der Waals surface area contributed by atoms with E-state index in [1.807, 2.05) is 9.80 Å². The molecule has 1 saturated carbocycles. The first-order valence-electron chi connectivity index (χ1n) is 14.0. The minimum Gasteiger partial charge on any atom is -0.477 e. The molecule has 1 amide bonds. The molecule has 2 saturated heterocycles. The lowest BCUT2D eigenvalue weighted by atomic mass is 10.1. The van der Waals surface area contributed by atoms with Gasteiger partial charge in [0.05, 0.1) is 29.1 Å². The highest BCUT2D eigenvalue weighted by molar-refractivity contribution is 5.94. The topological polar surface area (TPSA) is 112 Å². The van der Waals surface area contributed by atoms with Gasteiger partial charge in [-0.1, -0.05) is 0 Å². The van der Waals surface area contributed by atoms with E-state index in [2.05, 4.69) is 0 Å². The molecule has 1 atom stereocenters. The molecule has 42 heavy (non-hydrogen) atoms. The average Bonchev–Trinajstić information content (AvgIpc) is 3.73. The number of aromatic carboxylic acids is 1. The first-order valence-corrected chi connectivity index (χ1v) is 14.0. The Morgan fingerprint density at radius 3 is 2.26 bits per heavy atom. The second kappa shape index (κ2) is 10.7. The summed E-state index contributed by atoms with van der Waals surface area (Å²) in [4.78, 5) is 53.0. The molecule has 1 N–H and O–H groups in total. The van der Waals surface area contributed by atoms with Gasteiger partial charge in [0.1, 0.15) is 29.1 Å². The standard InChI is InChI=1S/C30H30F2N4O6/c1-17(37)2-6-20-15-36(30(41)42-20)19-5-7-25(23(31)12-19)33-8-10-34(11-9-33)27-14-26-21(13-24(27)32)28(38)22(29(39)40)16-35(26)18-3-4-18/h5,7,12-14,16,18,20H,2-4,6,8-11,15H2,1H3,(H,39,40)/t20-/m0/s1. The highest BCUT2D eigenvalue weighted by atomic mass is 19.1. The smallest absolute Gasteiger partial charge is 0.414 e. The summed E-state index contributed by atoms with van der Waals surface area (Å²) in [7, 11) is 0. The molecule has 1 aliphatic carbocycles. The van der Waals surface area contributed by atoms with E-state index in [1.165, 1.54) is 24.1 Å². The average molecular weight is 581 g/mol. The maximum Gasteiger partial charge on any atom is 0.414 e. The van der Waals surface area contributed by atoms with Gasteiger partial charge in [0, 0.05) is 50.2 Å². The Kier molecular flexibility index (Phi) is 7.07. The van der Waals surface area contributed by atoms with Crippen LogP contribution in [-0.2, 0) is 9.53 Å². The van der Waals surface area contributed by atoms with E-state index in [9.17, 15) is 24.3 Å². The molecule has 0 spiro atoms. The fourth-order valence-corrected chi connectivity index (χ4v) is 5.76. The summed E-state index contributed by atoms with van der Waals surface area (Å²) in [5.74, 6) is -2.45. The zero-order chi connectivity index (χ0) is 29.7. The number of carbonyl (C=O) groups is 3. The number of nitrogens with zero attached hydrogens (tertiary/aromatic N) is 4. The van der Waals surface area contributed by atoms with E-state index in [4.69, 9.17) is 4.74 Å². The van der Waals surface area contributed by atoms with Gasteiger partial charge in [-0.15, -0.1) is 0 Å². The molecule has 220 valence electrons. The van der Waals surface area contributed by atoms with E-state index in [1.54, 1.807) is 22.8 Å². The number of ketones is 1. The number of benzene rings is 2. The fraction of sp³-hybridized carbons (Fsp3) is 0.400. The largest absolute Gasteiger partial charge is 0.477 e. The number of pyridine rings is 1. The number of amides is 1. The van der Waals surface area contributed by atoms with Crippen LogP contribution in [0.3, 0.4) is 0 Å². The molecule has 10 nitrogen and oxygen atoms in total. The van der Waals surface area contributed by atoms with Crippen molar-refractivity contribution < 1.29 is 33.0 Å². The van der Waals surface area contributed by atoms with E-state index >= 15 is 8.78 Å². The molecular weight excluding hydrogens is 550 g/mol. The van der Waals surface area contributed by atoms with Gasteiger partial charge in [-0.2, -0.15) is 0 Å². The Labute approximate surface area is 239 Å². The first-order chi connectivity index (χ1) is 20.1. The lowest BCUT2D eigenvalue weighted by Gasteiger charge is -2.37. The van der Waals surface area contributed by atoms with Crippen molar-refractivity contribution in [3.8, 4) is 0 Å². The van der Waals surface area contributed by atoms with Crippen LogP contribution in [0.2, 0.25) is 0 Å². The lowest BCUT2D eigenvalue weighted by Crippen LogP contribution is -2.47. The van der Waals surface area contributed by atoms with Crippen molar-refractivity contribution in [2.75, 3.05) is 47.4 Å². The number of hydrogen-bond acceptors (Lipinski definition) is 7. The maximum atomic E-state index is 15.3. The number of Topliss-reactive ketones (excluding diaryl/α,β-unsaturated/α-hetero) is 1. The number of piperazine rings is 1. The first kappa shape index (κ1) is 27.7. The van der Waals surface area contributed by atoms with Crippen molar-refractivity contribution in [3.63, 3.8) is 0 Å². The predicted molar refractivity (Wildman–Crippen MR) is 152 cm³/mol. The Hall–Kier alpha value is -4.48. The van der Waals surface area contributed by atoms with Crippen LogP contribution in [0.4, 0.5) is 30.6 Å². The molecule has 6 rings (SSSR count). The highest BCUT2D eigenvalue weighted by Gasteiger charge is 2.33. The van der Waals surface area contributed by atoms with Gasteiger partial charge < -0.3 is 29.0 Å². The Balaban J connectivity index is 1.18. The maximum absolute atomic E-state index is 15.3. The van der Waals surface area contributed by atoms with Crippen LogP contribution >= 0.6 is 0 Å². The molecule has 2 aromatic carbocycles. The van der Waals surface area contributed by atoms with Crippen LogP contribution in [0.15, 0.2) is 41.3 Å². The monoisotopic (exact) mass is 580 g/mol. The van der Waals surface area contributed by atoms with Crippen molar-refractivity contribution >= 4 is 45.8 Å². The SMILES string of the molecule is CC(=O)CC[C@H]1CN(c2ccc(N3CCN(c4cc5c(cc4F)c(=O)c(C(=O)O)cn5C4CC4)CC3)c(F)c2)C(=O)O1. The summed E-state index contributed by atoms with van der Waals surface area (Å²) < 4.78 is 37.7. The van der Waals surface area contributed by atoms with Gasteiger partial charge >= 0.3 is 12.1 Å². The number of rotatable bonds is 8. The second-order valence-electron chi connectivity index (χ2n) is 11.1. The second-order valence-corrected chi connectivity index (χ2v) is 11.1. The van der Waals surface area contributed by atoms with Crippen molar-refractivity contribution in [2.45, 2.75) is 44.8 Å². The Bertz CT molecular complexity index is 1660. The molecule has 0 unspecified atom stereocenters. The zero-order valence-electron chi connectivity index (χ0n) is 23.0. The van der Waals surface area contributed by atoms with Gasteiger partial charge in [0.25, 0.3) is 0 Å². The van der Waals surface area contributed by atoms with Crippen molar-refractivity contribution in [3.05, 3.63) is 63.9 Å². The predicted octanol–water partition coefficient (Wildman–Crippen LogP) is 4.33. The molecule has 12 heteroatoms. The van der Waals surface area contributed by atoms with Crippen LogP contribution in [0.5, 0.6) is 0 Å². The number of fused-ring (bicyclic) bond motifs is 1. The summed E-state index contributed by atoms with van der Waals surface area (Å²) >= 11 is 0. The number of halogens is 2. The van der Waals surface area contributed by atoms with E-state index in [0.29, 0.717) is 61.6 Å². The van der Waals surface area contributed by atoms with Gasteiger partial charge in [0.15, 0.2) is 0 Å². The third-order valence-corrected chi connectivity index (χ3v) is 8.17. The van der Waals surface area contributed by atoms with Crippen LogP contribution in [0.25, 0.3) is 10.9 Å². The van der Waals surface area contributed by atoms with Crippen LogP contribution in [0, 0.1) is 11.6 Å². The number of carboxylic acid groups (broad SMARTS) is 1. The minimum absolute atomic E-state index is 0.0103. The number of carboxylic acids is 1. The van der Waals surface area contributed by atoms with Crippen molar-refractivity contribution in [2.24, 2.45) is 0 Å². The molecule has 3 heterocycles. The number of hydrogen-bond donors (Lipinski definition) is 1.